The molecule has 2 heteroatoms. The fourth-order valence-corrected chi connectivity index (χ4v) is 5.12. The Kier molecular flexibility index (Phi) is 5.27. The number of nitrogens with zero attached hydrogens (tertiary/aromatic N) is 1. The molecular weight excluding hydrogens is 256 g/mol. The van der Waals surface area contributed by atoms with Gasteiger partial charge in [-0.1, -0.05) is 46.0 Å². The predicted molar refractivity (Wildman–Crippen MR) is 90.6 cm³/mol. The highest BCUT2D eigenvalue weighted by Gasteiger charge is 2.40. The summed E-state index contributed by atoms with van der Waals surface area (Å²) in [6.45, 7) is 8.74. The molecule has 21 heavy (non-hydrogen) atoms. The van der Waals surface area contributed by atoms with Gasteiger partial charge in [0.15, 0.2) is 0 Å². The van der Waals surface area contributed by atoms with E-state index >= 15 is 0 Å². The van der Waals surface area contributed by atoms with Gasteiger partial charge in [0.05, 0.1) is 0 Å². The first-order chi connectivity index (χ1) is 10.2. The maximum atomic E-state index is 4.00. The molecular formula is C19H36N2. The summed E-state index contributed by atoms with van der Waals surface area (Å²) in [7, 11) is 0. The summed E-state index contributed by atoms with van der Waals surface area (Å²) in [5, 5.41) is 4.00. The molecule has 0 bridgehead atoms. The lowest BCUT2D eigenvalue weighted by Crippen LogP contribution is -2.65. The molecule has 1 heterocycles. The number of rotatable bonds is 4. The lowest BCUT2D eigenvalue weighted by Gasteiger charge is -2.50. The minimum atomic E-state index is 0.477. The molecule has 1 spiro atoms. The van der Waals surface area contributed by atoms with Crippen molar-refractivity contribution in [3.8, 4) is 0 Å². The summed E-state index contributed by atoms with van der Waals surface area (Å²) >= 11 is 0. The van der Waals surface area contributed by atoms with Gasteiger partial charge < -0.3 is 5.32 Å². The molecule has 1 N–H and O–H groups in total. The highest BCUT2D eigenvalue weighted by molar-refractivity contribution is 5.00. The van der Waals surface area contributed by atoms with Gasteiger partial charge in [0.1, 0.15) is 0 Å². The van der Waals surface area contributed by atoms with Crippen LogP contribution in [0.2, 0.25) is 0 Å². The normalized spacial score (nSPS) is 31.3. The highest BCUT2D eigenvalue weighted by Crippen LogP contribution is 2.34. The van der Waals surface area contributed by atoms with Crippen molar-refractivity contribution in [1.82, 2.24) is 10.2 Å². The molecule has 2 nitrogen and oxygen atoms in total. The number of hydrogen-bond donors (Lipinski definition) is 1. The van der Waals surface area contributed by atoms with Gasteiger partial charge in [-0.05, 0) is 43.9 Å². The van der Waals surface area contributed by atoms with E-state index in [1.807, 2.05) is 0 Å². The molecule has 0 aromatic rings. The lowest BCUT2D eigenvalue weighted by atomic mass is 9.78. The SMILES string of the molecule is CC(C)CC1CNC2(CCCCC2)CN1CC1CCCC1. The van der Waals surface area contributed by atoms with E-state index in [4.69, 9.17) is 0 Å². The molecule has 3 rings (SSSR count). The van der Waals surface area contributed by atoms with Crippen LogP contribution in [-0.2, 0) is 0 Å². The maximum absolute atomic E-state index is 4.00. The van der Waals surface area contributed by atoms with E-state index in [0.717, 1.165) is 17.9 Å². The van der Waals surface area contributed by atoms with Gasteiger partial charge in [0.25, 0.3) is 0 Å². The van der Waals surface area contributed by atoms with E-state index in [1.54, 1.807) is 0 Å². The van der Waals surface area contributed by atoms with Crippen molar-refractivity contribution in [2.75, 3.05) is 19.6 Å². The van der Waals surface area contributed by atoms with Crippen molar-refractivity contribution in [2.45, 2.75) is 89.6 Å². The zero-order valence-electron chi connectivity index (χ0n) is 14.4. The fourth-order valence-electron chi connectivity index (χ4n) is 5.12. The van der Waals surface area contributed by atoms with Gasteiger partial charge in [-0.2, -0.15) is 0 Å². The van der Waals surface area contributed by atoms with Crippen LogP contribution in [-0.4, -0.2) is 36.1 Å². The molecule has 2 saturated carbocycles. The Labute approximate surface area is 132 Å². The van der Waals surface area contributed by atoms with Gasteiger partial charge in [0.2, 0.25) is 0 Å². The minimum Gasteiger partial charge on any atom is -0.308 e. The van der Waals surface area contributed by atoms with Crippen molar-refractivity contribution in [3.05, 3.63) is 0 Å². The lowest BCUT2D eigenvalue weighted by molar-refractivity contribution is 0.0365. The van der Waals surface area contributed by atoms with Crippen molar-refractivity contribution in [1.29, 1.82) is 0 Å². The molecule has 1 saturated heterocycles. The van der Waals surface area contributed by atoms with Crippen LogP contribution in [0.25, 0.3) is 0 Å². The Hall–Kier alpha value is -0.0800. The van der Waals surface area contributed by atoms with Crippen LogP contribution >= 0.6 is 0 Å². The fraction of sp³-hybridized carbons (Fsp3) is 1.00. The monoisotopic (exact) mass is 292 g/mol. The maximum Gasteiger partial charge on any atom is 0.0309 e. The molecule has 0 radical (unpaired) electrons. The van der Waals surface area contributed by atoms with Crippen molar-refractivity contribution >= 4 is 0 Å². The summed E-state index contributed by atoms with van der Waals surface area (Å²) in [5.41, 5.74) is 0.477. The van der Waals surface area contributed by atoms with E-state index in [9.17, 15) is 0 Å². The van der Waals surface area contributed by atoms with Crippen molar-refractivity contribution < 1.29 is 0 Å². The van der Waals surface area contributed by atoms with E-state index in [2.05, 4.69) is 24.1 Å². The first-order valence-corrected chi connectivity index (χ1v) is 9.66. The number of piperazine rings is 1. The first-order valence-electron chi connectivity index (χ1n) is 9.66. The third kappa shape index (κ3) is 4.01. The van der Waals surface area contributed by atoms with Crippen molar-refractivity contribution in [3.63, 3.8) is 0 Å². The standard InChI is InChI=1S/C19H36N2/c1-16(2)12-18-13-20-19(10-6-3-7-11-19)15-21(18)14-17-8-4-5-9-17/h16-18,20H,3-15H2,1-2H3. The molecule has 0 aromatic heterocycles. The summed E-state index contributed by atoms with van der Waals surface area (Å²) in [4.78, 5) is 2.91. The molecule has 1 aliphatic heterocycles. The zero-order chi connectivity index (χ0) is 14.7. The Balaban J connectivity index is 1.64. The Morgan fingerprint density at radius 1 is 1.05 bits per heavy atom. The summed E-state index contributed by atoms with van der Waals surface area (Å²) < 4.78 is 0. The van der Waals surface area contributed by atoms with E-state index < -0.39 is 0 Å². The van der Waals surface area contributed by atoms with E-state index in [-0.39, 0.29) is 0 Å². The Morgan fingerprint density at radius 3 is 2.43 bits per heavy atom. The summed E-state index contributed by atoms with van der Waals surface area (Å²) in [5.74, 6) is 1.82. The average Bonchev–Trinajstić information content (AvgIpc) is 2.96. The average molecular weight is 293 g/mol. The van der Waals surface area contributed by atoms with Gasteiger partial charge in [0, 0.05) is 31.2 Å². The number of nitrogens with one attached hydrogen (secondary N) is 1. The third-order valence-corrected chi connectivity index (χ3v) is 6.26. The molecule has 2 aliphatic carbocycles. The second-order valence-electron chi connectivity index (χ2n) is 8.59. The zero-order valence-corrected chi connectivity index (χ0v) is 14.4. The number of hydrogen-bond acceptors (Lipinski definition) is 2. The Morgan fingerprint density at radius 2 is 1.76 bits per heavy atom. The van der Waals surface area contributed by atoms with Gasteiger partial charge in [-0.3, -0.25) is 4.90 Å². The van der Waals surface area contributed by atoms with Crippen LogP contribution in [0.4, 0.5) is 0 Å². The van der Waals surface area contributed by atoms with Crippen LogP contribution in [0.15, 0.2) is 0 Å². The van der Waals surface area contributed by atoms with Crippen LogP contribution < -0.4 is 5.32 Å². The quantitative estimate of drug-likeness (QED) is 0.835. The predicted octanol–water partition coefficient (Wildman–Crippen LogP) is 4.20. The van der Waals surface area contributed by atoms with Gasteiger partial charge >= 0.3 is 0 Å². The minimum absolute atomic E-state index is 0.477. The molecule has 0 aromatic carbocycles. The third-order valence-electron chi connectivity index (χ3n) is 6.26. The van der Waals surface area contributed by atoms with Crippen LogP contribution in [0, 0.1) is 11.8 Å². The highest BCUT2D eigenvalue weighted by atomic mass is 15.3. The van der Waals surface area contributed by atoms with Crippen LogP contribution in [0.5, 0.6) is 0 Å². The molecule has 1 unspecified atom stereocenters. The summed E-state index contributed by atoms with van der Waals surface area (Å²) in [6, 6.07) is 0.790. The first kappa shape index (κ1) is 15.8. The second-order valence-corrected chi connectivity index (χ2v) is 8.59. The topological polar surface area (TPSA) is 15.3 Å². The second kappa shape index (κ2) is 7.00. The summed E-state index contributed by atoms with van der Waals surface area (Å²) in [6.07, 6.45) is 14.5. The Bertz CT molecular complexity index is 314. The molecule has 3 fully saturated rings. The molecule has 122 valence electrons. The smallest absolute Gasteiger partial charge is 0.0309 e. The largest absolute Gasteiger partial charge is 0.308 e. The molecule has 1 atom stereocenters. The molecule has 3 aliphatic rings. The molecule has 0 amide bonds. The van der Waals surface area contributed by atoms with Crippen LogP contribution in [0.3, 0.4) is 0 Å². The van der Waals surface area contributed by atoms with Gasteiger partial charge in [-0.15, -0.1) is 0 Å². The van der Waals surface area contributed by atoms with E-state index in [1.165, 1.54) is 83.8 Å². The van der Waals surface area contributed by atoms with E-state index in [0.29, 0.717) is 5.54 Å². The van der Waals surface area contributed by atoms with Gasteiger partial charge in [-0.25, -0.2) is 0 Å². The van der Waals surface area contributed by atoms with Crippen molar-refractivity contribution in [2.24, 2.45) is 11.8 Å². The van der Waals surface area contributed by atoms with Crippen LogP contribution in [0.1, 0.15) is 78.1 Å².